The van der Waals surface area contributed by atoms with Gasteiger partial charge in [0.1, 0.15) is 5.82 Å². The Morgan fingerprint density at radius 2 is 2.35 bits per heavy atom. The van der Waals surface area contributed by atoms with Gasteiger partial charge in [-0.1, -0.05) is 6.92 Å². The molecule has 2 fully saturated rings. The maximum absolute atomic E-state index is 5.89. The van der Waals surface area contributed by atoms with E-state index in [1.54, 1.807) is 0 Å². The summed E-state index contributed by atoms with van der Waals surface area (Å²) in [6.45, 7) is 6.90. The van der Waals surface area contributed by atoms with Crippen molar-refractivity contribution in [3.05, 3.63) is 11.8 Å². The molecule has 0 bridgehead atoms. The quantitative estimate of drug-likeness (QED) is 0.915. The molecular weight excluding hydrogens is 252 g/mol. The zero-order valence-electron chi connectivity index (χ0n) is 12.4. The molecule has 2 unspecified atom stereocenters. The Morgan fingerprint density at radius 3 is 3.20 bits per heavy atom. The summed E-state index contributed by atoms with van der Waals surface area (Å²) >= 11 is 0. The molecule has 1 aromatic rings. The molecule has 1 saturated carbocycles. The van der Waals surface area contributed by atoms with Gasteiger partial charge in [-0.05, 0) is 32.6 Å². The van der Waals surface area contributed by atoms with Crippen LogP contribution in [0.3, 0.4) is 0 Å². The minimum Gasteiger partial charge on any atom is -0.374 e. The zero-order chi connectivity index (χ0) is 13.9. The molecular formula is C15H24N4O. The molecule has 2 aliphatic rings. The van der Waals surface area contributed by atoms with Crippen LogP contribution >= 0.6 is 0 Å². The summed E-state index contributed by atoms with van der Waals surface area (Å²) < 4.78 is 5.89. The van der Waals surface area contributed by atoms with Crippen molar-refractivity contribution in [2.45, 2.75) is 51.7 Å². The molecule has 1 aliphatic heterocycles. The number of hydrogen-bond acceptors (Lipinski definition) is 5. The fourth-order valence-electron chi connectivity index (χ4n) is 3.23. The molecule has 1 saturated heterocycles. The van der Waals surface area contributed by atoms with Gasteiger partial charge in [0.15, 0.2) is 0 Å². The molecule has 1 N–H and O–H groups in total. The Hall–Kier alpha value is -1.36. The van der Waals surface area contributed by atoms with E-state index in [2.05, 4.69) is 29.0 Å². The van der Waals surface area contributed by atoms with Crippen molar-refractivity contribution in [3.8, 4) is 0 Å². The van der Waals surface area contributed by atoms with Crippen LogP contribution in [-0.2, 0) is 4.74 Å². The van der Waals surface area contributed by atoms with Crippen molar-refractivity contribution in [2.24, 2.45) is 0 Å². The second kappa shape index (κ2) is 5.95. The van der Waals surface area contributed by atoms with Gasteiger partial charge in [-0.3, -0.25) is 0 Å². The second-order valence-corrected chi connectivity index (χ2v) is 5.73. The average molecular weight is 276 g/mol. The number of nitrogens with zero attached hydrogens (tertiary/aromatic N) is 3. The number of morpholine rings is 1. The number of nitrogens with one attached hydrogen (secondary N) is 1. The van der Waals surface area contributed by atoms with Gasteiger partial charge in [0.2, 0.25) is 5.95 Å². The lowest BCUT2D eigenvalue weighted by Gasteiger charge is -2.39. The van der Waals surface area contributed by atoms with Crippen LogP contribution in [0.5, 0.6) is 0 Å². The highest BCUT2D eigenvalue weighted by Gasteiger charge is 2.37. The molecule has 5 nitrogen and oxygen atoms in total. The van der Waals surface area contributed by atoms with Crippen molar-refractivity contribution in [1.82, 2.24) is 9.97 Å². The van der Waals surface area contributed by atoms with Crippen molar-refractivity contribution >= 4 is 11.8 Å². The van der Waals surface area contributed by atoms with E-state index in [9.17, 15) is 0 Å². The van der Waals surface area contributed by atoms with Gasteiger partial charge in [-0.2, -0.15) is 4.98 Å². The van der Waals surface area contributed by atoms with Crippen molar-refractivity contribution in [2.75, 3.05) is 29.9 Å². The zero-order valence-corrected chi connectivity index (χ0v) is 12.4. The molecule has 3 rings (SSSR count). The Labute approximate surface area is 120 Å². The van der Waals surface area contributed by atoms with Crippen LogP contribution < -0.4 is 10.2 Å². The van der Waals surface area contributed by atoms with Gasteiger partial charge in [0.25, 0.3) is 0 Å². The van der Waals surface area contributed by atoms with Crippen LogP contribution in [0.25, 0.3) is 0 Å². The normalized spacial score (nSPS) is 25.6. The summed E-state index contributed by atoms with van der Waals surface area (Å²) in [6, 6.07) is 0.497. The highest BCUT2D eigenvalue weighted by atomic mass is 16.5. The summed E-state index contributed by atoms with van der Waals surface area (Å²) in [5, 5.41) is 3.28. The highest BCUT2D eigenvalue weighted by Crippen LogP contribution is 2.33. The molecule has 1 aliphatic carbocycles. The number of ether oxygens (including phenoxy) is 1. The van der Waals surface area contributed by atoms with E-state index in [1.165, 1.54) is 19.3 Å². The minimum absolute atomic E-state index is 0.394. The second-order valence-electron chi connectivity index (χ2n) is 5.73. The van der Waals surface area contributed by atoms with E-state index in [1.807, 2.05) is 6.20 Å². The monoisotopic (exact) mass is 276 g/mol. The van der Waals surface area contributed by atoms with Crippen LogP contribution in [0, 0.1) is 6.92 Å². The molecule has 0 aromatic carbocycles. The summed E-state index contributed by atoms with van der Waals surface area (Å²) in [5.41, 5.74) is 1.15. The van der Waals surface area contributed by atoms with Crippen LogP contribution in [-0.4, -0.2) is 41.8 Å². The molecule has 5 heteroatoms. The summed E-state index contributed by atoms with van der Waals surface area (Å²) in [7, 11) is 0. The smallest absolute Gasteiger partial charge is 0.224 e. The van der Waals surface area contributed by atoms with Crippen LogP contribution in [0.2, 0.25) is 0 Å². The standard InChI is InChI=1S/C15H24N4O/c1-3-7-16-15-17-10-11(2)14(18-15)19-8-9-20-13-6-4-5-12(13)19/h10,12-13H,3-9H2,1-2H3,(H,16,17,18). The highest BCUT2D eigenvalue weighted by molar-refractivity contribution is 5.50. The van der Waals surface area contributed by atoms with Crippen LogP contribution in [0.1, 0.15) is 38.2 Å². The van der Waals surface area contributed by atoms with Gasteiger partial charge < -0.3 is 15.0 Å². The Morgan fingerprint density at radius 1 is 1.45 bits per heavy atom. The third kappa shape index (κ3) is 2.59. The van der Waals surface area contributed by atoms with Crippen LogP contribution in [0.15, 0.2) is 6.20 Å². The van der Waals surface area contributed by atoms with E-state index in [0.717, 1.165) is 43.4 Å². The third-order valence-corrected chi connectivity index (χ3v) is 4.23. The molecule has 20 heavy (non-hydrogen) atoms. The van der Waals surface area contributed by atoms with Crippen molar-refractivity contribution in [1.29, 1.82) is 0 Å². The van der Waals surface area contributed by atoms with Gasteiger partial charge in [0, 0.05) is 24.8 Å². The fourth-order valence-corrected chi connectivity index (χ4v) is 3.23. The van der Waals surface area contributed by atoms with E-state index in [-0.39, 0.29) is 0 Å². The average Bonchev–Trinajstić information content (AvgIpc) is 2.95. The van der Waals surface area contributed by atoms with Gasteiger partial charge in [-0.15, -0.1) is 0 Å². The number of fused-ring (bicyclic) bond motifs is 1. The third-order valence-electron chi connectivity index (χ3n) is 4.23. The number of rotatable bonds is 4. The fraction of sp³-hybridized carbons (Fsp3) is 0.733. The van der Waals surface area contributed by atoms with Gasteiger partial charge >= 0.3 is 0 Å². The first-order chi connectivity index (χ1) is 9.79. The lowest BCUT2D eigenvalue weighted by atomic mass is 10.1. The predicted molar refractivity (Wildman–Crippen MR) is 80.3 cm³/mol. The van der Waals surface area contributed by atoms with Gasteiger partial charge in [0.05, 0.1) is 18.8 Å². The number of aromatic nitrogens is 2. The molecule has 2 heterocycles. The lowest BCUT2D eigenvalue weighted by Crippen LogP contribution is -2.49. The SMILES string of the molecule is CCCNc1ncc(C)c(N2CCOC3CCCC32)n1. The van der Waals surface area contributed by atoms with E-state index in [4.69, 9.17) is 9.72 Å². The molecule has 2 atom stereocenters. The number of hydrogen-bond donors (Lipinski definition) is 1. The van der Waals surface area contributed by atoms with Crippen molar-refractivity contribution in [3.63, 3.8) is 0 Å². The maximum atomic E-state index is 5.89. The number of anilines is 2. The number of aryl methyl sites for hydroxylation is 1. The summed E-state index contributed by atoms with van der Waals surface area (Å²) in [6.07, 6.45) is 7.06. The first-order valence-corrected chi connectivity index (χ1v) is 7.75. The first kappa shape index (κ1) is 13.6. The van der Waals surface area contributed by atoms with E-state index in [0.29, 0.717) is 12.1 Å². The topological polar surface area (TPSA) is 50.3 Å². The molecule has 1 aromatic heterocycles. The first-order valence-electron chi connectivity index (χ1n) is 7.75. The Balaban J connectivity index is 1.84. The molecule has 0 spiro atoms. The Kier molecular flexibility index (Phi) is 4.05. The summed E-state index contributed by atoms with van der Waals surface area (Å²) in [5.74, 6) is 1.83. The maximum Gasteiger partial charge on any atom is 0.224 e. The predicted octanol–water partition coefficient (Wildman–Crippen LogP) is 2.36. The van der Waals surface area contributed by atoms with E-state index >= 15 is 0 Å². The van der Waals surface area contributed by atoms with Gasteiger partial charge in [-0.25, -0.2) is 4.98 Å². The molecule has 0 radical (unpaired) electrons. The Bertz CT molecular complexity index is 465. The largest absolute Gasteiger partial charge is 0.374 e. The van der Waals surface area contributed by atoms with Crippen molar-refractivity contribution < 1.29 is 4.74 Å². The minimum atomic E-state index is 0.394. The lowest BCUT2D eigenvalue weighted by molar-refractivity contribution is 0.0253. The molecule has 110 valence electrons. The molecule has 0 amide bonds. The summed E-state index contributed by atoms with van der Waals surface area (Å²) in [4.78, 5) is 11.6. The van der Waals surface area contributed by atoms with E-state index < -0.39 is 0 Å². The van der Waals surface area contributed by atoms with Crippen LogP contribution in [0.4, 0.5) is 11.8 Å².